The molecule has 154 valence electrons. The van der Waals surface area contributed by atoms with Gasteiger partial charge in [0.1, 0.15) is 18.9 Å². The molecule has 10 nitrogen and oxygen atoms in total. The Labute approximate surface area is 164 Å². The molecule has 0 amide bonds. The number of carbonyl (C=O) groups is 2. The summed E-state index contributed by atoms with van der Waals surface area (Å²) in [4.78, 5) is 49.1. The van der Waals surface area contributed by atoms with Gasteiger partial charge in [0.15, 0.2) is 12.4 Å². The summed E-state index contributed by atoms with van der Waals surface area (Å²) in [6.07, 6.45) is -2.39. The molecule has 1 saturated heterocycles. The lowest BCUT2D eigenvalue weighted by atomic mass is 10.1. The van der Waals surface area contributed by atoms with E-state index in [1.807, 2.05) is 0 Å². The van der Waals surface area contributed by atoms with Crippen molar-refractivity contribution in [3.05, 3.63) is 68.5 Å². The van der Waals surface area contributed by atoms with E-state index in [2.05, 4.69) is 4.98 Å². The molecule has 2 N–H and O–H groups in total. The highest BCUT2D eigenvalue weighted by Gasteiger charge is 2.36. The second-order valence-corrected chi connectivity index (χ2v) is 6.55. The number of carbonyl (C=O) groups excluding carboxylic acids is 2. The van der Waals surface area contributed by atoms with Gasteiger partial charge in [-0.2, -0.15) is 0 Å². The molecule has 1 aromatic carbocycles. The quantitative estimate of drug-likeness (QED) is 0.525. The Balaban J connectivity index is 1.50. The van der Waals surface area contributed by atoms with Crippen LogP contribution in [0.15, 0.2) is 46.1 Å². The van der Waals surface area contributed by atoms with E-state index < -0.39 is 42.4 Å². The number of aliphatic hydroxyl groups is 1. The lowest BCUT2D eigenvalue weighted by Crippen LogP contribution is -2.33. The van der Waals surface area contributed by atoms with Crippen molar-refractivity contribution in [2.24, 2.45) is 0 Å². The highest BCUT2D eigenvalue weighted by Crippen LogP contribution is 2.27. The summed E-state index contributed by atoms with van der Waals surface area (Å²) in [5.74, 6) is -0.382. The Kier molecular flexibility index (Phi) is 6.25. The molecule has 0 unspecified atom stereocenters. The molecule has 0 aliphatic carbocycles. The van der Waals surface area contributed by atoms with Gasteiger partial charge in [0.05, 0.1) is 6.10 Å². The van der Waals surface area contributed by atoms with E-state index in [0.29, 0.717) is 11.1 Å². The predicted molar refractivity (Wildman–Crippen MR) is 98.7 cm³/mol. The summed E-state index contributed by atoms with van der Waals surface area (Å²) < 4.78 is 16.4. The summed E-state index contributed by atoms with van der Waals surface area (Å²) in [6, 6.07) is 8.33. The van der Waals surface area contributed by atoms with Crippen molar-refractivity contribution in [3.8, 4) is 0 Å². The standard InChI is InChI=1S/C19H20N2O8/c1-11-8-21(18(25)20-17(11)24)16-7-13(22)15(29-16)10-28-19(26)27-9-14(23)12-5-3-2-4-6-12/h2-6,8,13,15-16,22H,7,9-10H2,1H3,(H,20,24,25)/t13-,15+,16+/m0/s1. The van der Waals surface area contributed by atoms with Crippen LogP contribution in [-0.2, 0) is 14.2 Å². The van der Waals surface area contributed by atoms with Gasteiger partial charge in [0.25, 0.3) is 5.56 Å². The number of aromatic nitrogens is 2. The monoisotopic (exact) mass is 404 g/mol. The van der Waals surface area contributed by atoms with Gasteiger partial charge in [-0.1, -0.05) is 30.3 Å². The summed E-state index contributed by atoms with van der Waals surface area (Å²) in [5.41, 5.74) is -0.455. The van der Waals surface area contributed by atoms with Gasteiger partial charge in [-0.05, 0) is 6.92 Å². The molecular weight excluding hydrogens is 384 g/mol. The smallest absolute Gasteiger partial charge is 0.431 e. The van der Waals surface area contributed by atoms with E-state index in [1.54, 1.807) is 30.3 Å². The van der Waals surface area contributed by atoms with Crippen LogP contribution < -0.4 is 11.2 Å². The number of Topliss-reactive ketones (excluding diaryl/α,β-unsaturated/α-hetero) is 1. The highest BCUT2D eigenvalue weighted by atomic mass is 16.7. The van der Waals surface area contributed by atoms with Crippen LogP contribution in [0.25, 0.3) is 0 Å². The molecule has 10 heteroatoms. The van der Waals surface area contributed by atoms with Crippen LogP contribution in [0.4, 0.5) is 4.79 Å². The van der Waals surface area contributed by atoms with E-state index in [-0.39, 0.29) is 18.8 Å². The maximum absolute atomic E-state index is 11.9. The van der Waals surface area contributed by atoms with E-state index in [9.17, 15) is 24.3 Å². The number of aliphatic hydroxyl groups excluding tert-OH is 1. The number of nitrogens with zero attached hydrogens (tertiary/aromatic N) is 1. The average Bonchev–Trinajstić information content (AvgIpc) is 3.08. The number of hydrogen-bond acceptors (Lipinski definition) is 8. The SMILES string of the molecule is Cc1cn([C@H]2C[C@H](O)[C@@H](COC(=O)OCC(=O)c3ccccc3)O2)c(=O)[nH]c1=O. The van der Waals surface area contributed by atoms with Crippen molar-refractivity contribution in [2.75, 3.05) is 13.2 Å². The number of nitrogens with one attached hydrogen (secondary N) is 1. The third-order valence-electron chi connectivity index (χ3n) is 4.44. The lowest BCUT2D eigenvalue weighted by Gasteiger charge is -2.16. The molecule has 1 aliphatic heterocycles. The number of aromatic amines is 1. The van der Waals surface area contributed by atoms with Crippen molar-refractivity contribution in [1.29, 1.82) is 0 Å². The maximum atomic E-state index is 11.9. The van der Waals surface area contributed by atoms with Crippen LogP contribution in [0.5, 0.6) is 0 Å². The van der Waals surface area contributed by atoms with Gasteiger partial charge in [-0.3, -0.25) is 19.1 Å². The fraction of sp³-hybridized carbons (Fsp3) is 0.368. The second kappa shape index (κ2) is 8.84. The van der Waals surface area contributed by atoms with Gasteiger partial charge >= 0.3 is 11.8 Å². The highest BCUT2D eigenvalue weighted by molar-refractivity contribution is 5.97. The molecule has 1 aromatic heterocycles. The first-order chi connectivity index (χ1) is 13.8. The molecule has 2 aromatic rings. The zero-order valence-electron chi connectivity index (χ0n) is 15.6. The van der Waals surface area contributed by atoms with E-state index >= 15 is 0 Å². The van der Waals surface area contributed by atoms with Crippen LogP contribution in [0.1, 0.15) is 28.6 Å². The number of ketones is 1. The summed E-state index contributed by atoms with van der Waals surface area (Å²) >= 11 is 0. The first-order valence-electron chi connectivity index (χ1n) is 8.88. The van der Waals surface area contributed by atoms with Gasteiger partial charge in [-0.15, -0.1) is 0 Å². The Morgan fingerprint density at radius 3 is 2.69 bits per heavy atom. The summed E-state index contributed by atoms with van der Waals surface area (Å²) in [6.45, 7) is 0.728. The van der Waals surface area contributed by atoms with Crippen molar-refractivity contribution in [3.63, 3.8) is 0 Å². The zero-order chi connectivity index (χ0) is 21.0. The number of ether oxygens (including phenoxy) is 3. The first kappa shape index (κ1) is 20.5. The van der Waals surface area contributed by atoms with Crippen LogP contribution in [0.3, 0.4) is 0 Å². The molecule has 3 rings (SSSR count). The minimum absolute atomic E-state index is 0.0704. The van der Waals surface area contributed by atoms with Crippen molar-refractivity contribution in [1.82, 2.24) is 9.55 Å². The minimum atomic E-state index is -1.08. The first-order valence-corrected chi connectivity index (χ1v) is 8.88. The molecule has 0 radical (unpaired) electrons. The van der Waals surface area contributed by atoms with Gasteiger partial charge in [-0.25, -0.2) is 9.59 Å². The van der Waals surface area contributed by atoms with E-state index in [0.717, 1.165) is 4.57 Å². The van der Waals surface area contributed by atoms with Crippen LogP contribution in [0.2, 0.25) is 0 Å². The maximum Gasteiger partial charge on any atom is 0.508 e. The Hall–Kier alpha value is -3.24. The largest absolute Gasteiger partial charge is 0.508 e. The fourth-order valence-corrected chi connectivity index (χ4v) is 2.86. The Morgan fingerprint density at radius 2 is 1.97 bits per heavy atom. The Bertz CT molecular complexity index is 997. The normalized spacial score (nSPS) is 21.0. The Morgan fingerprint density at radius 1 is 1.24 bits per heavy atom. The van der Waals surface area contributed by atoms with Gasteiger partial charge in [0.2, 0.25) is 0 Å². The van der Waals surface area contributed by atoms with E-state index in [4.69, 9.17) is 14.2 Å². The summed E-state index contributed by atoms with van der Waals surface area (Å²) in [7, 11) is 0. The zero-order valence-corrected chi connectivity index (χ0v) is 15.6. The third kappa shape index (κ3) is 4.98. The fourth-order valence-electron chi connectivity index (χ4n) is 2.86. The number of H-pyrrole nitrogens is 1. The predicted octanol–water partition coefficient (Wildman–Crippen LogP) is 0.530. The average molecular weight is 404 g/mol. The minimum Gasteiger partial charge on any atom is -0.431 e. The molecule has 1 fully saturated rings. The molecule has 0 bridgehead atoms. The molecule has 0 saturated carbocycles. The number of benzene rings is 1. The third-order valence-corrected chi connectivity index (χ3v) is 4.44. The molecular formula is C19H20N2O8. The number of rotatable bonds is 6. The van der Waals surface area contributed by atoms with E-state index in [1.165, 1.54) is 13.1 Å². The van der Waals surface area contributed by atoms with Gasteiger partial charge < -0.3 is 19.3 Å². The van der Waals surface area contributed by atoms with Crippen LogP contribution in [0, 0.1) is 6.92 Å². The topological polar surface area (TPSA) is 137 Å². The van der Waals surface area contributed by atoms with Crippen LogP contribution in [-0.4, -0.2) is 52.0 Å². The molecule has 29 heavy (non-hydrogen) atoms. The molecule has 3 atom stereocenters. The lowest BCUT2D eigenvalue weighted by molar-refractivity contribution is -0.0581. The number of hydrogen-bond donors (Lipinski definition) is 2. The molecule has 1 aliphatic rings. The molecule has 0 spiro atoms. The molecule has 2 heterocycles. The summed E-state index contributed by atoms with van der Waals surface area (Å²) in [5, 5.41) is 10.1. The van der Waals surface area contributed by atoms with Crippen molar-refractivity contribution < 1.29 is 28.9 Å². The van der Waals surface area contributed by atoms with Crippen LogP contribution >= 0.6 is 0 Å². The van der Waals surface area contributed by atoms with Gasteiger partial charge in [0, 0.05) is 23.7 Å². The second-order valence-electron chi connectivity index (χ2n) is 6.55. The van der Waals surface area contributed by atoms with Crippen molar-refractivity contribution >= 4 is 11.9 Å². The number of aryl methyl sites for hydroxylation is 1. The van der Waals surface area contributed by atoms with Crippen molar-refractivity contribution in [2.45, 2.75) is 31.8 Å².